The van der Waals surface area contributed by atoms with Gasteiger partial charge < -0.3 is 16.0 Å². The Bertz CT molecular complexity index is 308. The van der Waals surface area contributed by atoms with Crippen LogP contribution in [0.25, 0.3) is 0 Å². The Morgan fingerprint density at radius 2 is 1.95 bits per heavy atom. The molecule has 0 rings (SSSR count). The minimum atomic E-state index is -4.46. The quantitative estimate of drug-likeness (QED) is 0.714. The van der Waals surface area contributed by atoms with Crippen LogP contribution in [-0.4, -0.2) is 49.6 Å². The summed E-state index contributed by atoms with van der Waals surface area (Å²) in [4.78, 5) is 24.2. The van der Waals surface area contributed by atoms with Gasteiger partial charge in [-0.25, -0.2) is 0 Å². The van der Waals surface area contributed by atoms with E-state index in [9.17, 15) is 22.8 Å². The van der Waals surface area contributed by atoms with E-state index in [1.165, 1.54) is 7.05 Å². The lowest BCUT2D eigenvalue weighted by molar-refractivity contribution is -0.142. The molecule has 0 aliphatic rings. The largest absolute Gasteiger partial charge is 0.405 e. The summed E-state index contributed by atoms with van der Waals surface area (Å²) in [7, 11) is 1.37. The van der Waals surface area contributed by atoms with E-state index < -0.39 is 31.1 Å². The number of alkyl halides is 3. The second-order valence-corrected chi connectivity index (χ2v) is 4.31. The molecule has 0 spiro atoms. The molecule has 0 aromatic heterocycles. The van der Waals surface area contributed by atoms with Crippen molar-refractivity contribution < 1.29 is 22.8 Å². The number of amides is 2. The first-order valence-corrected chi connectivity index (χ1v) is 5.99. The molecule has 0 bridgehead atoms. The van der Waals surface area contributed by atoms with E-state index in [1.807, 2.05) is 6.92 Å². The van der Waals surface area contributed by atoms with E-state index in [4.69, 9.17) is 5.73 Å². The normalized spacial score (nSPS) is 12.9. The summed E-state index contributed by atoms with van der Waals surface area (Å²) >= 11 is 0. The van der Waals surface area contributed by atoms with Gasteiger partial charge in [0, 0.05) is 13.6 Å². The molecule has 3 N–H and O–H groups in total. The third-order valence-electron chi connectivity index (χ3n) is 2.51. The van der Waals surface area contributed by atoms with Crippen LogP contribution in [0.4, 0.5) is 13.2 Å². The molecule has 19 heavy (non-hydrogen) atoms. The average Bonchev–Trinajstić information content (AvgIpc) is 2.31. The summed E-state index contributed by atoms with van der Waals surface area (Å²) in [6, 6.07) is 0. The highest BCUT2D eigenvalue weighted by Gasteiger charge is 2.28. The summed E-state index contributed by atoms with van der Waals surface area (Å²) < 4.78 is 35.7. The van der Waals surface area contributed by atoms with E-state index >= 15 is 0 Å². The van der Waals surface area contributed by atoms with Crippen LogP contribution in [0.15, 0.2) is 0 Å². The van der Waals surface area contributed by atoms with E-state index in [0.29, 0.717) is 6.42 Å². The standard InChI is InChI=1S/C11H20F3N3O2/c1-3-4-8(5-15)10(19)17(2)6-9(18)16-7-11(12,13)14/h8H,3-7,15H2,1-2H3,(H,16,18). The van der Waals surface area contributed by atoms with Gasteiger partial charge >= 0.3 is 6.18 Å². The van der Waals surface area contributed by atoms with Crippen molar-refractivity contribution in [3.63, 3.8) is 0 Å². The van der Waals surface area contributed by atoms with Crippen LogP contribution in [0.5, 0.6) is 0 Å². The Morgan fingerprint density at radius 3 is 2.37 bits per heavy atom. The Morgan fingerprint density at radius 1 is 1.37 bits per heavy atom. The molecule has 1 atom stereocenters. The number of carbonyl (C=O) groups is 2. The van der Waals surface area contributed by atoms with Gasteiger partial charge in [-0.3, -0.25) is 9.59 Å². The molecule has 0 saturated heterocycles. The first kappa shape index (κ1) is 17.7. The Kier molecular flexibility index (Phi) is 7.43. The smallest absolute Gasteiger partial charge is 0.345 e. The lowest BCUT2D eigenvalue weighted by atomic mass is 10.0. The number of carbonyl (C=O) groups excluding carboxylic acids is 2. The third kappa shape index (κ3) is 7.66. The lowest BCUT2D eigenvalue weighted by Crippen LogP contribution is -2.44. The molecule has 5 nitrogen and oxygen atoms in total. The van der Waals surface area contributed by atoms with E-state index in [0.717, 1.165) is 11.3 Å². The van der Waals surface area contributed by atoms with Crippen molar-refractivity contribution in [2.75, 3.05) is 26.7 Å². The predicted molar refractivity (Wildman–Crippen MR) is 64.2 cm³/mol. The van der Waals surface area contributed by atoms with Crippen LogP contribution in [0.2, 0.25) is 0 Å². The molecule has 0 saturated carbocycles. The SMILES string of the molecule is CCCC(CN)C(=O)N(C)CC(=O)NCC(F)(F)F. The number of hydrogen-bond acceptors (Lipinski definition) is 3. The van der Waals surface area contributed by atoms with Crippen LogP contribution < -0.4 is 11.1 Å². The zero-order valence-electron chi connectivity index (χ0n) is 11.1. The molecule has 112 valence electrons. The highest BCUT2D eigenvalue weighted by atomic mass is 19.4. The van der Waals surface area contributed by atoms with Crippen LogP contribution in [0.1, 0.15) is 19.8 Å². The summed E-state index contributed by atoms with van der Waals surface area (Å²) in [6.07, 6.45) is -3.11. The Labute approximate surface area is 110 Å². The maximum absolute atomic E-state index is 11.9. The van der Waals surface area contributed by atoms with Gasteiger partial charge in [0.2, 0.25) is 11.8 Å². The molecule has 0 heterocycles. The zero-order chi connectivity index (χ0) is 15.1. The van der Waals surface area contributed by atoms with Crippen molar-refractivity contribution in [3.8, 4) is 0 Å². The first-order valence-electron chi connectivity index (χ1n) is 5.99. The molecule has 1 unspecified atom stereocenters. The summed E-state index contributed by atoms with van der Waals surface area (Å²) in [5.74, 6) is -1.57. The van der Waals surface area contributed by atoms with Crippen LogP contribution in [0, 0.1) is 5.92 Å². The Balaban J connectivity index is 4.24. The minimum absolute atomic E-state index is 0.154. The number of nitrogens with zero attached hydrogens (tertiary/aromatic N) is 1. The number of halogens is 3. The minimum Gasteiger partial charge on any atom is -0.345 e. The highest BCUT2D eigenvalue weighted by molar-refractivity contribution is 5.85. The van der Waals surface area contributed by atoms with Crippen LogP contribution in [-0.2, 0) is 9.59 Å². The van der Waals surface area contributed by atoms with Gasteiger partial charge in [-0.1, -0.05) is 13.3 Å². The van der Waals surface area contributed by atoms with E-state index in [-0.39, 0.29) is 12.5 Å². The molecule has 0 aromatic carbocycles. The zero-order valence-corrected chi connectivity index (χ0v) is 11.1. The van der Waals surface area contributed by atoms with Gasteiger partial charge in [-0.15, -0.1) is 0 Å². The van der Waals surface area contributed by atoms with Crippen molar-refractivity contribution in [1.82, 2.24) is 10.2 Å². The molecular formula is C11H20F3N3O2. The van der Waals surface area contributed by atoms with E-state index in [2.05, 4.69) is 0 Å². The van der Waals surface area contributed by atoms with Crippen molar-refractivity contribution in [2.45, 2.75) is 25.9 Å². The molecule has 2 amide bonds. The van der Waals surface area contributed by atoms with Crippen molar-refractivity contribution in [2.24, 2.45) is 11.7 Å². The number of rotatable bonds is 7. The maximum atomic E-state index is 11.9. The third-order valence-corrected chi connectivity index (χ3v) is 2.51. The number of nitrogens with one attached hydrogen (secondary N) is 1. The fraction of sp³-hybridized carbons (Fsp3) is 0.818. The molecule has 8 heteroatoms. The lowest BCUT2D eigenvalue weighted by Gasteiger charge is -2.22. The second-order valence-electron chi connectivity index (χ2n) is 4.31. The fourth-order valence-corrected chi connectivity index (χ4v) is 1.55. The van der Waals surface area contributed by atoms with E-state index in [1.54, 1.807) is 5.32 Å². The monoisotopic (exact) mass is 283 g/mol. The average molecular weight is 283 g/mol. The second kappa shape index (κ2) is 7.98. The van der Waals surface area contributed by atoms with Crippen molar-refractivity contribution in [3.05, 3.63) is 0 Å². The van der Waals surface area contributed by atoms with Gasteiger partial charge in [0.05, 0.1) is 12.5 Å². The molecule has 0 aromatic rings. The van der Waals surface area contributed by atoms with Crippen LogP contribution in [0.3, 0.4) is 0 Å². The molecule has 0 aliphatic heterocycles. The summed E-state index contributed by atoms with van der Waals surface area (Å²) in [5, 5.41) is 1.71. The number of hydrogen-bond donors (Lipinski definition) is 2. The predicted octanol–water partition coefficient (Wildman–Crippen LogP) is 0.498. The molecule has 0 radical (unpaired) electrons. The molecule has 0 fully saturated rings. The number of nitrogens with two attached hydrogens (primary N) is 1. The van der Waals surface area contributed by atoms with Gasteiger partial charge in [0.15, 0.2) is 0 Å². The Hall–Kier alpha value is -1.31. The number of likely N-dealkylation sites (N-methyl/N-ethyl adjacent to an activating group) is 1. The first-order chi connectivity index (χ1) is 8.71. The fourth-order valence-electron chi connectivity index (χ4n) is 1.55. The van der Waals surface area contributed by atoms with Gasteiger partial charge in [-0.05, 0) is 6.42 Å². The van der Waals surface area contributed by atoms with Crippen molar-refractivity contribution >= 4 is 11.8 Å². The highest BCUT2D eigenvalue weighted by Crippen LogP contribution is 2.12. The molecular weight excluding hydrogens is 263 g/mol. The summed E-state index contributed by atoms with van der Waals surface area (Å²) in [6.45, 7) is 0.241. The van der Waals surface area contributed by atoms with Gasteiger partial charge in [-0.2, -0.15) is 13.2 Å². The topological polar surface area (TPSA) is 75.4 Å². The summed E-state index contributed by atoms with van der Waals surface area (Å²) in [5.41, 5.74) is 5.45. The van der Waals surface area contributed by atoms with Crippen molar-refractivity contribution in [1.29, 1.82) is 0 Å². The van der Waals surface area contributed by atoms with Crippen LogP contribution >= 0.6 is 0 Å². The van der Waals surface area contributed by atoms with Gasteiger partial charge in [0.1, 0.15) is 6.54 Å². The maximum Gasteiger partial charge on any atom is 0.405 e. The molecule has 0 aliphatic carbocycles. The van der Waals surface area contributed by atoms with Gasteiger partial charge in [0.25, 0.3) is 0 Å².